The predicted octanol–water partition coefficient (Wildman–Crippen LogP) is 0.589. The Morgan fingerprint density at radius 1 is 1.59 bits per heavy atom. The molecular formula is C11H19N3O2S. The number of nitrogen functional groups attached to an aromatic ring is 1. The molecule has 0 saturated carbocycles. The first kappa shape index (κ1) is 13.8. The molecule has 0 aliphatic rings. The summed E-state index contributed by atoms with van der Waals surface area (Å²) in [5.74, 6) is 0.302. The van der Waals surface area contributed by atoms with Crippen LogP contribution in [0.2, 0.25) is 0 Å². The first-order chi connectivity index (χ1) is 8.04. The lowest BCUT2D eigenvalue weighted by Gasteiger charge is -2.07. The summed E-state index contributed by atoms with van der Waals surface area (Å²) in [5, 5.41) is 2.73. The first-order valence-corrected chi connectivity index (χ1v) is 7.31. The minimum Gasteiger partial charge on any atom is -0.397 e. The number of carbonyl (C=O) groups excluding carboxylic acids is 1. The molecule has 1 aromatic rings. The minimum atomic E-state index is -0.888. The van der Waals surface area contributed by atoms with Crippen LogP contribution in [0, 0.1) is 0 Å². The van der Waals surface area contributed by atoms with E-state index in [1.165, 1.54) is 0 Å². The highest BCUT2D eigenvalue weighted by atomic mass is 32.2. The number of nitrogens with two attached hydrogens (primary N) is 1. The number of amides is 1. The van der Waals surface area contributed by atoms with Crippen LogP contribution in [-0.2, 0) is 17.3 Å². The molecule has 1 atom stereocenters. The molecule has 6 heteroatoms. The molecule has 0 aliphatic carbocycles. The molecule has 1 amide bonds. The van der Waals surface area contributed by atoms with Gasteiger partial charge < -0.3 is 15.6 Å². The first-order valence-electron chi connectivity index (χ1n) is 5.58. The molecule has 0 spiro atoms. The molecular weight excluding hydrogens is 238 g/mol. The lowest BCUT2D eigenvalue weighted by Crippen LogP contribution is -2.29. The number of aromatic nitrogens is 1. The van der Waals surface area contributed by atoms with Gasteiger partial charge in [0.2, 0.25) is 0 Å². The molecule has 1 heterocycles. The van der Waals surface area contributed by atoms with Crippen molar-refractivity contribution in [3.05, 3.63) is 18.0 Å². The van der Waals surface area contributed by atoms with E-state index in [1.807, 2.05) is 11.5 Å². The molecule has 1 rings (SSSR count). The molecule has 3 N–H and O–H groups in total. The van der Waals surface area contributed by atoms with E-state index < -0.39 is 10.8 Å². The Bertz CT molecular complexity index is 415. The van der Waals surface area contributed by atoms with Crippen molar-refractivity contribution in [2.75, 3.05) is 24.3 Å². The number of hydrogen-bond donors (Lipinski definition) is 2. The van der Waals surface area contributed by atoms with Crippen LogP contribution in [-0.4, -0.2) is 33.2 Å². The fraction of sp³-hybridized carbons (Fsp3) is 0.545. The number of anilines is 1. The molecule has 1 aromatic heterocycles. The van der Waals surface area contributed by atoms with E-state index in [0.717, 1.165) is 13.0 Å². The molecule has 0 aromatic carbocycles. The van der Waals surface area contributed by atoms with E-state index in [4.69, 9.17) is 5.73 Å². The van der Waals surface area contributed by atoms with Crippen LogP contribution in [0.1, 0.15) is 23.8 Å². The molecule has 0 radical (unpaired) electrons. The molecule has 0 aliphatic heterocycles. The molecule has 0 fully saturated rings. The molecule has 5 nitrogen and oxygen atoms in total. The van der Waals surface area contributed by atoms with Crippen molar-refractivity contribution in [3.8, 4) is 0 Å². The second-order valence-electron chi connectivity index (χ2n) is 3.89. The summed E-state index contributed by atoms with van der Waals surface area (Å²) < 4.78 is 12.7. The van der Waals surface area contributed by atoms with Crippen molar-refractivity contribution in [2.45, 2.75) is 19.9 Å². The van der Waals surface area contributed by atoms with Crippen molar-refractivity contribution in [1.82, 2.24) is 9.88 Å². The summed E-state index contributed by atoms with van der Waals surface area (Å²) in [6.45, 7) is 3.22. The third kappa shape index (κ3) is 4.22. The van der Waals surface area contributed by atoms with Gasteiger partial charge in [-0.2, -0.15) is 0 Å². The Morgan fingerprint density at radius 3 is 2.88 bits per heavy atom. The Morgan fingerprint density at radius 2 is 2.29 bits per heavy atom. The Balaban J connectivity index is 2.64. The van der Waals surface area contributed by atoms with E-state index in [-0.39, 0.29) is 5.91 Å². The van der Waals surface area contributed by atoms with Gasteiger partial charge in [0, 0.05) is 42.1 Å². The van der Waals surface area contributed by atoms with Crippen LogP contribution >= 0.6 is 0 Å². The molecule has 17 heavy (non-hydrogen) atoms. The Hall–Kier alpha value is -1.30. The summed E-state index contributed by atoms with van der Waals surface area (Å²) in [6.07, 6.45) is 4.31. The Kier molecular flexibility index (Phi) is 5.21. The third-order valence-electron chi connectivity index (χ3n) is 2.29. The second-order valence-corrected chi connectivity index (χ2v) is 5.44. The van der Waals surface area contributed by atoms with Gasteiger partial charge in [-0.3, -0.25) is 9.00 Å². The van der Waals surface area contributed by atoms with E-state index in [9.17, 15) is 9.00 Å². The average Bonchev–Trinajstić information content (AvgIpc) is 2.59. The minimum absolute atomic E-state index is 0.166. The molecule has 0 bridgehead atoms. The van der Waals surface area contributed by atoms with Crippen molar-refractivity contribution in [3.63, 3.8) is 0 Å². The van der Waals surface area contributed by atoms with Gasteiger partial charge >= 0.3 is 0 Å². The summed E-state index contributed by atoms with van der Waals surface area (Å²) in [7, 11) is -0.888. The van der Waals surface area contributed by atoms with Crippen molar-refractivity contribution >= 4 is 22.4 Å². The van der Waals surface area contributed by atoms with Crippen LogP contribution in [0.25, 0.3) is 0 Å². The summed E-state index contributed by atoms with van der Waals surface area (Å²) in [4.78, 5) is 11.8. The highest BCUT2D eigenvalue weighted by Crippen LogP contribution is 2.11. The normalized spacial score (nSPS) is 12.4. The average molecular weight is 257 g/mol. The summed E-state index contributed by atoms with van der Waals surface area (Å²) in [5.41, 5.74) is 6.82. The lowest BCUT2D eigenvalue weighted by atomic mass is 10.3. The maximum Gasteiger partial charge on any atom is 0.268 e. The third-order valence-corrected chi connectivity index (χ3v) is 3.07. The fourth-order valence-electron chi connectivity index (χ4n) is 1.55. The zero-order valence-electron chi connectivity index (χ0n) is 10.2. The van der Waals surface area contributed by atoms with E-state index in [2.05, 4.69) is 5.32 Å². The molecule has 96 valence electrons. The fourth-order valence-corrected chi connectivity index (χ4v) is 1.94. The lowest BCUT2D eigenvalue weighted by molar-refractivity contribution is 0.0947. The highest BCUT2D eigenvalue weighted by Gasteiger charge is 2.11. The second kappa shape index (κ2) is 6.44. The monoisotopic (exact) mass is 257 g/mol. The number of nitrogens with zero attached hydrogens (tertiary/aromatic N) is 1. The van der Waals surface area contributed by atoms with E-state index in [1.54, 1.807) is 18.5 Å². The SMILES string of the molecule is CCCn1cc(N)cc1C(=O)NCCS(C)=O. The number of aryl methyl sites for hydroxylation is 1. The number of rotatable bonds is 6. The van der Waals surface area contributed by atoms with Crippen LogP contribution < -0.4 is 11.1 Å². The van der Waals surface area contributed by atoms with Gasteiger partial charge in [0.1, 0.15) is 5.69 Å². The van der Waals surface area contributed by atoms with E-state index >= 15 is 0 Å². The van der Waals surface area contributed by atoms with Crippen LogP contribution in [0.3, 0.4) is 0 Å². The van der Waals surface area contributed by atoms with Crippen molar-refractivity contribution < 1.29 is 9.00 Å². The topological polar surface area (TPSA) is 77.1 Å². The van der Waals surface area contributed by atoms with Crippen LogP contribution in [0.15, 0.2) is 12.3 Å². The van der Waals surface area contributed by atoms with Crippen LogP contribution in [0.5, 0.6) is 0 Å². The Labute approximate surface area is 104 Å². The maximum absolute atomic E-state index is 11.8. The summed E-state index contributed by atoms with van der Waals surface area (Å²) >= 11 is 0. The van der Waals surface area contributed by atoms with Gasteiger partial charge in [-0.05, 0) is 12.5 Å². The number of nitrogens with one attached hydrogen (secondary N) is 1. The van der Waals surface area contributed by atoms with Crippen molar-refractivity contribution in [1.29, 1.82) is 0 Å². The molecule has 0 saturated heterocycles. The largest absolute Gasteiger partial charge is 0.397 e. The van der Waals surface area contributed by atoms with Crippen LogP contribution in [0.4, 0.5) is 5.69 Å². The highest BCUT2D eigenvalue weighted by molar-refractivity contribution is 7.84. The number of carbonyl (C=O) groups is 1. The smallest absolute Gasteiger partial charge is 0.268 e. The molecule has 1 unspecified atom stereocenters. The summed E-state index contributed by atoms with van der Waals surface area (Å²) in [6, 6.07) is 1.66. The van der Waals surface area contributed by atoms with Gasteiger partial charge in [0.15, 0.2) is 0 Å². The maximum atomic E-state index is 11.8. The van der Waals surface area contributed by atoms with E-state index in [0.29, 0.717) is 23.7 Å². The quantitative estimate of drug-likeness (QED) is 0.783. The number of hydrogen-bond acceptors (Lipinski definition) is 3. The van der Waals surface area contributed by atoms with Gasteiger partial charge in [-0.1, -0.05) is 6.92 Å². The van der Waals surface area contributed by atoms with Gasteiger partial charge in [-0.25, -0.2) is 0 Å². The van der Waals surface area contributed by atoms with Gasteiger partial charge in [0.05, 0.1) is 5.69 Å². The van der Waals surface area contributed by atoms with Gasteiger partial charge in [-0.15, -0.1) is 0 Å². The standard InChI is InChI=1S/C11H19N3O2S/c1-3-5-14-8-9(12)7-10(14)11(15)13-4-6-17(2)16/h7-8H,3-6,12H2,1-2H3,(H,13,15). The van der Waals surface area contributed by atoms with Crippen molar-refractivity contribution in [2.24, 2.45) is 0 Å². The zero-order chi connectivity index (χ0) is 12.8. The predicted molar refractivity (Wildman–Crippen MR) is 70.4 cm³/mol. The van der Waals surface area contributed by atoms with Gasteiger partial charge in [0.25, 0.3) is 5.91 Å². The zero-order valence-corrected chi connectivity index (χ0v) is 11.0.